The number of carboxylic acid groups (broad SMARTS) is 1. The number of hydrogen-bond donors (Lipinski definition) is 2. The van der Waals surface area contributed by atoms with Crippen molar-refractivity contribution in [3.05, 3.63) is 0 Å². The van der Waals surface area contributed by atoms with Gasteiger partial charge in [-0.3, -0.25) is 9.69 Å². The summed E-state index contributed by atoms with van der Waals surface area (Å²) in [5, 5.41) is 12.2. The number of nitrogens with zero attached hydrogens (tertiary/aromatic N) is 1. The number of rotatable bonds is 5. The zero-order valence-electron chi connectivity index (χ0n) is 12.4. The van der Waals surface area contributed by atoms with Crippen LogP contribution in [0.25, 0.3) is 0 Å². The van der Waals surface area contributed by atoms with Gasteiger partial charge in [-0.2, -0.15) is 0 Å². The largest absolute Gasteiger partial charge is 0.481 e. The van der Waals surface area contributed by atoms with Gasteiger partial charge in [-0.05, 0) is 20.3 Å². The Labute approximate surface area is 120 Å². The molecule has 2 rings (SSSR count). The number of morpholine rings is 1. The zero-order chi connectivity index (χ0) is 14.5. The third-order valence-electron chi connectivity index (χ3n) is 4.08. The van der Waals surface area contributed by atoms with Crippen LogP contribution in [0.15, 0.2) is 0 Å². The molecule has 0 radical (unpaired) electrons. The molecule has 2 heterocycles. The SMILES string of the molecule is CC(C)N1CCOC(COC2CNCC(C(=O)O)C2)C1. The van der Waals surface area contributed by atoms with Gasteiger partial charge in [-0.15, -0.1) is 0 Å². The standard InChI is InChI=1S/C14H26N2O4/c1-10(2)16-3-4-19-13(8-16)9-20-12-5-11(14(17)18)6-15-7-12/h10-13,15H,3-9H2,1-2H3,(H,17,18). The number of carboxylic acids is 1. The summed E-state index contributed by atoms with van der Waals surface area (Å²) < 4.78 is 11.6. The fraction of sp³-hybridized carbons (Fsp3) is 0.929. The fourth-order valence-corrected chi connectivity index (χ4v) is 2.77. The fourth-order valence-electron chi connectivity index (χ4n) is 2.77. The molecule has 0 aromatic heterocycles. The summed E-state index contributed by atoms with van der Waals surface area (Å²) in [6.07, 6.45) is 0.655. The minimum atomic E-state index is -0.745. The number of hydrogen-bond acceptors (Lipinski definition) is 5. The molecule has 0 aromatic carbocycles. The first-order valence-corrected chi connectivity index (χ1v) is 7.47. The Morgan fingerprint density at radius 2 is 2.30 bits per heavy atom. The van der Waals surface area contributed by atoms with E-state index >= 15 is 0 Å². The maximum Gasteiger partial charge on any atom is 0.307 e. The second kappa shape index (κ2) is 7.36. The molecule has 2 saturated heterocycles. The van der Waals surface area contributed by atoms with Crippen molar-refractivity contribution in [2.75, 3.05) is 39.4 Å². The molecule has 0 aromatic rings. The van der Waals surface area contributed by atoms with Gasteiger partial charge in [0.05, 0.1) is 31.3 Å². The van der Waals surface area contributed by atoms with E-state index in [1.54, 1.807) is 0 Å². The zero-order valence-corrected chi connectivity index (χ0v) is 12.4. The van der Waals surface area contributed by atoms with E-state index in [4.69, 9.17) is 14.6 Å². The van der Waals surface area contributed by atoms with Crippen LogP contribution in [0, 0.1) is 5.92 Å². The van der Waals surface area contributed by atoms with Gasteiger partial charge in [0, 0.05) is 32.2 Å². The number of piperidine rings is 1. The summed E-state index contributed by atoms with van der Waals surface area (Å²) >= 11 is 0. The summed E-state index contributed by atoms with van der Waals surface area (Å²) in [6, 6.07) is 0.522. The summed E-state index contributed by atoms with van der Waals surface area (Å²) in [6.45, 7) is 8.79. The summed E-state index contributed by atoms with van der Waals surface area (Å²) in [5.74, 6) is -1.08. The highest BCUT2D eigenvalue weighted by Crippen LogP contribution is 2.15. The van der Waals surface area contributed by atoms with Crippen LogP contribution in [0.5, 0.6) is 0 Å². The average molecular weight is 286 g/mol. The van der Waals surface area contributed by atoms with Crippen molar-refractivity contribution < 1.29 is 19.4 Å². The Morgan fingerprint density at radius 1 is 1.50 bits per heavy atom. The molecule has 0 bridgehead atoms. The van der Waals surface area contributed by atoms with Crippen LogP contribution in [-0.4, -0.2) is 73.6 Å². The lowest BCUT2D eigenvalue weighted by atomic mass is 9.98. The number of nitrogens with one attached hydrogen (secondary N) is 1. The van der Waals surface area contributed by atoms with Crippen molar-refractivity contribution in [3.63, 3.8) is 0 Å². The Morgan fingerprint density at radius 3 is 3.00 bits per heavy atom. The molecule has 116 valence electrons. The van der Waals surface area contributed by atoms with Gasteiger partial charge >= 0.3 is 5.97 Å². The quantitative estimate of drug-likeness (QED) is 0.751. The maximum absolute atomic E-state index is 11.0. The molecule has 2 fully saturated rings. The molecule has 2 N–H and O–H groups in total. The lowest BCUT2D eigenvalue weighted by molar-refractivity contribution is -0.145. The number of carbonyl (C=O) groups is 1. The number of ether oxygens (including phenoxy) is 2. The maximum atomic E-state index is 11.0. The lowest BCUT2D eigenvalue weighted by Gasteiger charge is -2.36. The summed E-state index contributed by atoms with van der Waals surface area (Å²) in [7, 11) is 0. The van der Waals surface area contributed by atoms with E-state index in [1.165, 1.54) is 0 Å². The van der Waals surface area contributed by atoms with E-state index in [1.807, 2.05) is 0 Å². The molecule has 2 aliphatic heterocycles. The normalized spacial score (nSPS) is 32.5. The Balaban J connectivity index is 1.73. The number of aliphatic carboxylic acids is 1. The molecule has 0 amide bonds. The first-order valence-electron chi connectivity index (χ1n) is 7.47. The topological polar surface area (TPSA) is 71.0 Å². The monoisotopic (exact) mass is 286 g/mol. The highest BCUT2D eigenvalue weighted by Gasteiger charge is 2.29. The minimum absolute atomic E-state index is 0.0251. The van der Waals surface area contributed by atoms with Gasteiger partial charge in [-0.1, -0.05) is 0 Å². The highest BCUT2D eigenvalue weighted by atomic mass is 16.5. The smallest absolute Gasteiger partial charge is 0.307 e. The predicted octanol–water partition coefficient (Wildman–Crippen LogP) is 0.175. The molecule has 0 aliphatic carbocycles. The van der Waals surface area contributed by atoms with Crippen LogP contribution in [0.3, 0.4) is 0 Å². The van der Waals surface area contributed by atoms with Crippen LogP contribution in [0.1, 0.15) is 20.3 Å². The second-order valence-electron chi connectivity index (χ2n) is 5.97. The van der Waals surface area contributed by atoms with E-state index in [0.29, 0.717) is 25.6 Å². The molecule has 2 aliphatic rings. The molecule has 0 saturated carbocycles. The van der Waals surface area contributed by atoms with Gasteiger partial charge in [0.25, 0.3) is 0 Å². The van der Waals surface area contributed by atoms with Crippen molar-refractivity contribution >= 4 is 5.97 Å². The third-order valence-corrected chi connectivity index (χ3v) is 4.08. The van der Waals surface area contributed by atoms with E-state index in [-0.39, 0.29) is 18.1 Å². The molecule has 6 heteroatoms. The van der Waals surface area contributed by atoms with Gasteiger partial charge in [-0.25, -0.2) is 0 Å². The van der Waals surface area contributed by atoms with Gasteiger partial charge in [0.1, 0.15) is 0 Å². The Kier molecular flexibility index (Phi) is 5.77. The summed E-state index contributed by atoms with van der Waals surface area (Å²) in [5.41, 5.74) is 0. The highest BCUT2D eigenvalue weighted by molar-refractivity contribution is 5.70. The molecular formula is C14H26N2O4. The van der Waals surface area contributed by atoms with Crippen molar-refractivity contribution in [1.82, 2.24) is 10.2 Å². The molecule has 0 spiro atoms. The van der Waals surface area contributed by atoms with Crippen LogP contribution >= 0.6 is 0 Å². The van der Waals surface area contributed by atoms with Gasteiger partial charge in [0.15, 0.2) is 0 Å². The Hall–Kier alpha value is -0.690. The van der Waals surface area contributed by atoms with E-state index in [0.717, 1.165) is 26.2 Å². The predicted molar refractivity (Wildman–Crippen MR) is 74.8 cm³/mol. The molecular weight excluding hydrogens is 260 g/mol. The lowest BCUT2D eigenvalue weighted by Crippen LogP contribution is -2.49. The Bertz CT molecular complexity index is 324. The molecule has 3 atom stereocenters. The van der Waals surface area contributed by atoms with Crippen LogP contribution in [-0.2, 0) is 14.3 Å². The van der Waals surface area contributed by atoms with Crippen molar-refractivity contribution in [2.24, 2.45) is 5.92 Å². The first kappa shape index (κ1) is 15.7. The van der Waals surface area contributed by atoms with Crippen molar-refractivity contribution in [1.29, 1.82) is 0 Å². The third kappa shape index (κ3) is 4.41. The molecule has 3 unspecified atom stereocenters. The molecule has 20 heavy (non-hydrogen) atoms. The first-order chi connectivity index (χ1) is 9.56. The van der Waals surface area contributed by atoms with Crippen LogP contribution in [0.4, 0.5) is 0 Å². The van der Waals surface area contributed by atoms with Crippen molar-refractivity contribution in [2.45, 2.75) is 38.5 Å². The minimum Gasteiger partial charge on any atom is -0.481 e. The molecule has 6 nitrogen and oxygen atoms in total. The van der Waals surface area contributed by atoms with Crippen LogP contribution < -0.4 is 5.32 Å². The van der Waals surface area contributed by atoms with Gasteiger partial charge < -0.3 is 19.9 Å². The average Bonchev–Trinajstić information content (AvgIpc) is 2.45. The van der Waals surface area contributed by atoms with E-state index < -0.39 is 5.97 Å². The van der Waals surface area contributed by atoms with E-state index in [2.05, 4.69) is 24.1 Å². The van der Waals surface area contributed by atoms with E-state index in [9.17, 15) is 4.79 Å². The van der Waals surface area contributed by atoms with Gasteiger partial charge in [0.2, 0.25) is 0 Å². The van der Waals surface area contributed by atoms with Crippen molar-refractivity contribution in [3.8, 4) is 0 Å². The second-order valence-corrected chi connectivity index (χ2v) is 5.97. The van der Waals surface area contributed by atoms with Crippen LogP contribution in [0.2, 0.25) is 0 Å². The summed E-state index contributed by atoms with van der Waals surface area (Å²) in [4.78, 5) is 13.4.